The van der Waals surface area contributed by atoms with Gasteiger partial charge in [0.25, 0.3) is 0 Å². The number of nitrogens with two attached hydrogens (primary N) is 1. The van der Waals surface area contributed by atoms with Crippen LogP contribution in [0.15, 0.2) is 30.5 Å². The second-order valence-corrected chi connectivity index (χ2v) is 5.11. The van der Waals surface area contributed by atoms with Crippen molar-refractivity contribution in [2.24, 2.45) is 0 Å². The van der Waals surface area contributed by atoms with Crippen LogP contribution in [0, 0.1) is 10.5 Å². The summed E-state index contributed by atoms with van der Waals surface area (Å²) in [7, 11) is 0. The summed E-state index contributed by atoms with van der Waals surface area (Å²) in [5.41, 5.74) is 7.45. The largest absolute Gasteiger partial charge is 0.382 e. The molecule has 0 unspecified atom stereocenters. The summed E-state index contributed by atoms with van der Waals surface area (Å²) in [6.45, 7) is 2.18. The first kappa shape index (κ1) is 12.9. The SMILES string of the molecule is Cc1ccc(NC(=O)Cn2ccc(N)n2)cc1I. The van der Waals surface area contributed by atoms with Gasteiger partial charge in [-0.15, -0.1) is 0 Å². The van der Waals surface area contributed by atoms with Gasteiger partial charge in [-0.2, -0.15) is 5.10 Å². The Kier molecular flexibility index (Phi) is 3.85. The number of hydrogen-bond donors (Lipinski definition) is 2. The summed E-state index contributed by atoms with van der Waals surface area (Å²) >= 11 is 2.24. The molecule has 2 aromatic rings. The molecule has 3 N–H and O–H groups in total. The smallest absolute Gasteiger partial charge is 0.246 e. The predicted octanol–water partition coefficient (Wildman–Crippen LogP) is 2.02. The van der Waals surface area contributed by atoms with Gasteiger partial charge in [-0.3, -0.25) is 9.48 Å². The molecule has 0 spiro atoms. The summed E-state index contributed by atoms with van der Waals surface area (Å²) in [6, 6.07) is 7.45. The fraction of sp³-hybridized carbons (Fsp3) is 0.167. The maximum Gasteiger partial charge on any atom is 0.246 e. The van der Waals surface area contributed by atoms with Crippen LogP contribution in [0.5, 0.6) is 0 Å². The Balaban J connectivity index is 2.00. The third kappa shape index (κ3) is 3.22. The maximum absolute atomic E-state index is 11.8. The highest BCUT2D eigenvalue weighted by atomic mass is 127. The highest BCUT2D eigenvalue weighted by Crippen LogP contribution is 2.17. The molecule has 0 saturated heterocycles. The van der Waals surface area contributed by atoms with Crippen LogP contribution in [-0.2, 0) is 11.3 Å². The summed E-state index contributed by atoms with van der Waals surface area (Å²) < 4.78 is 2.62. The first-order valence-electron chi connectivity index (χ1n) is 5.39. The van der Waals surface area contributed by atoms with E-state index in [1.165, 1.54) is 10.2 Å². The summed E-state index contributed by atoms with van der Waals surface area (Å²) in [6.07, 6.45) is 1.67. The van der Waals surface area contributed by atoms with Gasteiger partial charge < -0.3 is 11.1 Å². The Bertz CT molecular complexity index is 579. The van der Waals surface area contributed by atoms with Gasteiger partial charge in [0, 0.05) is 15.5 Å². The molecule has 1 aromatic heterocycles. The lowest BCUT2D eigenvalue weighted by molar-refractivity contribution is -0.116. The van der Waals surface area contributed by atoms with Gasteiger partial charge in [-0.05, 0) is 53.3 Å². The number of halogens is 1. The van der Waals surface area contributed by atoms with Crippen molar-refractivity contribution in [3.05, 3.63) is 39.6 Å². The minimum absolute atomic E-state index is 0.127. The van der Waals surface area contributed by atoms with Crippen molar-refractivity contribution in [1.82, 2.24) is 9.78 Å². The molecular formula is C12H13IN4O. The summed E-state index contributed by atoms with van der Waals surface area (Å²) in [4.78, 5) is 11.8. The topological polar surface area (TPSA) is 72.9 Å². The molecule has 6 heteroatoms. The van der Waals surface area contributed by atoms with Crippen molar-refractivity contribution in [1.29, 1.82) is 0 Å². The molecule has 0 aliphatic rings. The Morgan fingerprint density at radius 1 is 1.50 bits per heavy atom. The number of aromatic nitrogens is 2. The minimum atomic E-state index is -0.127. The van der Waals surface area contributed by atoms with Gasteiger partial charge in [0.2, 0.25) is 5.91 Å². The first-order chi connectivity index (χ1) is 8.54. The van der Waals surface area contributed by atoms with Crippen molar-refractivity contribution < 1.29 is 4.79 Å². The normalized spacial score (nSPS) is 10.3. The standard InChI is InChI=1S/C12H13IN4O/c1-8-2-3-9(6-10(8)13)15-12(18)7-17-5-4-11(14)16-17/h2-6H,7H2,1H3,(H2,14,16)(H,15,18). The van der Waals surface area contributed by atoms with Gasteiger partial charge >= 0.3 is 0 Å². The van der Waals surface area contributed by atoms with Crippen molar-refractivity contribution in [2.75, 3.05) is 11.1 Å². The van der Waals surface area contributed by atoms with Crippen LogP contribution in [-0.4, -0.2) is 15.7 Å². The van der Waals surface area contributed by atoms with Crippen LogP contribution in [0.4, 0.5) is 11.5 Å². The van der Waals surface area contributed by atoms with Gasteiger partial charge in [-0.1, -0.05) is 6.07 Å². The molecule has 0 bridgehead atoms. The highest BCUT2D eigenvalue weighted by Gasteiger charge is 2.05. The van der Waals surface area contributed by atoms with Crippen molar-refractivity contribution in [3.63, 3.8) is 0 Å². The molecule has 5 nitrogen and oxygen atoms in total. The Hall–Kier alpha value is -1.57. The van der Waals surface area contributed by atoms with E-state index < -0.39 is 0 Å². The lowest BCUT2D eigenvalue weighted by atomic mass is 10.2. The summed E-state index contributed by atoms with van der Waals surface area (Å²) in [5.74, 6) is 0.283. The monoisotopic (exact) mass is 356 g/mol. The number of aryl methyl sites for hydroxylation is 1. The molecule has 1 amide bonds. The number of carbonyl (C=O) groups is 1. The fourth-order valence-electron chi connectivity index (χ4n) is 1.48. The molecular weight excluding hydrogens is 343 g/mol. The molecule has 94 valence electrons. The number of anilines is 2. The van der Waals surface area contributed by atoms with Crippen LogP contribution in [0.2, 0.25) is 0 Å². The van der Waals surface area contributed by atoms with E-state index in [9.17, 15) is 4.79 Å². The molecule has 0 radical (unpaired) electrons. The van der Waals surface area contributed by atoms with Gasteiger partial charge in [0.1, 0.15) is 12.4 Å². The molecule has 0 fully saturated rings. The van der Waals surface area contributed by atoms with Gasteiger partial charge in [-0.25, -0.2) is 0 Å². The lowest BCUT2D eigenvalue weighted by Crippen LogP contribution is -2.19. The quantitative estimate of drug-likeness (QED) is 0.827. The van der Waals surface area contributed by atoms with E-state index >= 15 is 0 Å². The molecule has 0 aliphatic heterocycles. The van der Waals surface area contributed by atoms with Crippen LogP contribution in [0.1, 0.15) is 5.56 Å². The second kappa shape index (κ2) is 5.38. The van der Waals surface area contributed by atoms with Crippen molar-refractivity contribution >= 4 is 40.0 Å². The second-order valence-electron chi connectivity index (χ2n) is 3.95. The molecule has 1 aromatic carbocycles. The Labute approximate surface area is 119 Å². The first-order valence-corrected chi connectivity index (χ1v) is 6.47. The lowest BCUT2D eigenvalue weighted by Gasteiger charge is -2.07. The zero-order chi connectivity index (χ0) is 13.1. The number of hydrogen-bond acceptors (Lipinski definition) is 3. The molecule has 0 aliphatic carbocycles. The number of nitrogens with zero attached hydrogens (tertiary/aromatic N) is 2. The third-order valence-electron chi connectivity index (χ3n) is 2.42. The average molecular weight is 356 g/mol. The minimum Gasteiger partial charge on any atom is -0.382 e. The zero-order valence-electron chi connectivity index (χ0n) is 9.85. The molecule has 2 rings (SSSR count). The van der Waals surface area contributed by atoms with E-state index in [0.29, 0.717) is 5.82 Å². The number of carbonyl (C=O) groups excluding carboxylic acids is 1. The number of rotatable bonds is 3. The van der Waals surface area contributed by atoms with E-state index in [1.807, 2.05) is 25.1 Å². The molecule has 18 heavy (non-hydrogen) atoms. The van der Waals surface area contributed by atoms with Crippen LogP contribution >= 0.6 is 22.6 Å². The van der Waals surface area contributed by atoms with E-state index in [4.69, 9.17) is 5.73 Å². The zero-order valence-corrected chi connectivity index (χ0v) is 12.0. The number of nitrogens with one attached hydrogen (secondary N) is 1. The maximum atomic E-state index is 11.8. The van der Waals surface area contributed by atoms with E-state index in [-0.39, 0.29) is 12.5 Å². The van der Waals surface area contributed by atoms with E-state index in [1.54, 1.807) is 12.3 Å². The number of benzene rings is 1. The van der Waals surface area contributed by atoms with Crippen molar-refractivity contribution in [3.8, 4) is 0 Å². The van der Waals surface area contributed by atoms with Crippen LogP contribution in [0.3, 0.4) is 0 Å². The van der Waals surface area contributed by atoms with Crippen molar-refractivity contribution in [2.45, 2.75) is 13.5 Å². The third-order valence-corrected chi connectivity index (χ3v) is 3.58. The van der Waals surface area contributed by atoms with Crippen LogP contribution < -0.4 is 11.1 Å². The van der Waals surface area contributed by atoms with E-state index in [0.717, 1.165) is 9.26 Å². The predicted molar refractivity (Wildman–Crippen MR) is 79.2 cm³/mol. The van der Waals surface area contributed by atoms with Gasteiger partial charge in [0.05, 0.1) is 0 Å². The summed E-state index contributed by atoms with van der Waals surface area (Å²) in [5, 5.41) is 6.78. The molecule has 1 heterocycles. The number of amides is 1. The Morgan fingerprint density at radius 3 is 2.89 bits per heavy atom. The number of nitrogen functional groups attached to an aromatic ring is 1. The average Bonchev–Trinajstić information content (AvgIpc) is 2.69. The van der Waals surface area contributed by atoms with E-state index in [2.05, 4.69) is 33.0 Å². The van der Waals surface area contributed by atoms with Crippen LogP contribution in [0.25, 0.3) is 0 Å². The Morgan fingerprint density at radius 2 is 2.28 bits per heavy atom. The highest BCUT2D eigenvalue weighted by molar-refractivity contribution is 14.1. The van der Waals surface area contributed by atoms with Gasteiger partial charge in [0.15, 0.2) is 0 Å². The molecule has 0 saturated carbocycles. The fourth-order valence-corrected chi connectivity index (χ4v) is 2.00. The molecule has 0 atom stereocenters.